The van der Waals surface area contributed by atoms with Crippen LogP contribution in [0.3, 0.4) is 0 Å². The summed E-state index contributed by atoms with van der Waals surface area (Å²) in [5.41, 5.74) is 0.839. The van der Waals surface area contributed by atoms with Crippen molar-refractivity contribution in [1.29, 1.82) is 0 Å². The van der Waals surface area contributed by atoms with Gasteiger partial charge in [0.15, 0.2) is 0 Å². The standard InChI is InChI=1S/C16H28O3/c1-12(2)9-18-10-13(3)14(17)19-16(7,8)11-15(4,5)6/h1,3,9-11H2,2,4-8H3. The maximum absolute atomic E-state index is 11.9. The smallest absolute Gasteiger partial charge is 0.336 e. The number of esters is 1. The average molecular weight is 268 g/mol. The summed E-state index contributed by atoms with van der Waals surface area (Å²) in [5.74, 6) is -0.393. The van der Waals surface area contributed by atoms with Crippen LogP contribution in [-0.4, -0.2) is 24.8 Å². The molecule has 0 N–H and O–H groups in total. The lowest BCUT2D eigenvalue weighted by Crippen LogP contribution is -2.33. The van der Waals surface area contributed by atoms with E-state index in [1.807, 2.05) is 20.8 Å². The number of hydrogen-bond acceptors (Lipinski definition) is 3. The van der Waals surface area contributed by atoms with Crippen LogP contribution in [0, 0.1) is 5.41 Å². The Morgan fingerprint density at radius 1 is 1.05 bits per heavy atom. The quantitative estimate of drug-likeness (QED) is 0.399. The number of carbonyl (C=O) groups excluding carboxylic acids is 1. The van der Waals surface area contributed by atoms with Crippen molar-refractivity contribution >= 4 is 5.97 Å². The Kier molecular flexibility index (Phi) is 6.50. The molecule has 3 heteroatoms. The van der Waals surface area contributed by atoms with Crippen molar-refractivity contribution < 1.29 is 14.3 Å². The molecule has 110 valence electrons. The molecule has 0 aromatic heterocycles. The van der Waals surface area contributed by atoms with Gasteiger partial charge in [-0.1, -0.05) is 39.5 Å². The van der Waals surface area contributed by atoms with Gasteiger partial charge in [0.1, 0.15) is 5.60 Å². The maximum atomic E-state index is 11.9. The van der Waals surface area contributed by atoms with E-state index in [9.17, 15) is 4.79 Å². The first-order chi connectivity index (χ1) is 8.43. The van der Waals surface area contributed by atoms with Crippen molar-refractivity contribution in [2.24, 2.45) is 5.41 Å². The van der Waals surface area contributed by atoms with E-state index in [0.717, 1.165) is 12.0 Å². The first-order valence-electron chi connectivity index (χ1n) is 6.56. The van der Waals surface area contributed by atoms with Gasteiger partial charge in [-0.25, -0.2) is 4.79 Å². The van der Waals surface area contributed by atoms with E-state index in [1.54, 1.807) is 0 Å². The zero-order valence-electron chi connectivity index (χ0n) is 13.3. The Labute approximate surface area is 117 Å². The molecule has 0 atom stereocenters. The number of rotatable bonds is 7. The minimum Gasteiger partial charge on any atom is -0.456 e. The number of hydrogen-bond donors (Lipinski definition) is 0. The molecule has 0 radical (unpaired) electrons. The predicted octanol–water partition coefficient (Wildman–Crippen LogP) is 3.89. The van der Waals surface area contributed by atoms with E-state index in [2.05, 4.69) is 33.9 Å². The summed E-state index contributed by atoms with van der Waals surface area (Å²) in [5, 5.41) is 0. The average Bonchev–Trinajstić information content (AvgIpc) is 2.11. The second kappa shape index (κ2) is 6.90. The molecule has 0 bridgehead atoms. The Balaban J connectivity index is 4.28. The van der Waals surface area contributed by atoms with Crippen molar-refractivity contribution in [3.63, 3.8) is 0 Å². The summed E-state index contributed by atoms with van der Waals surface area (Å²) < 4.78 is 10.8. The lowest BCUT2D eigenvalue weighted by Gasteiger charge is -2.32. The molecule has 0 saturated carbocycles. The lowest BCUT2D eigenvalue weighted by atomic mass is 9.83. The first kappa shape index (κ1) is 17.9. The minimum absolute atomic E-state index is 0.0988. The van der Waals surface area contributed by atoms with Gasteiger partial charge >= 0.3 is 5.97 Å². The topological polar surface area (TPSA) is 35.5 Å². The molecule has 0 fully saturated rings. The summed E-state index contributed by atoms with van der Waals surface area (Å²) in [6.45, 7) is 20.1. The third-order valence-corrected chi connectivity index (χ3v) is 2.24. The second-order valence-corrected chi connectivity index (χ2v) is 6.94. The molecule has 0 aromatic carbocycles. The zero-order valence-corrected chi connectivity index (χ0v) is 13.3. The van der Waals surface area contributed by atoms with Crippen LogP contribution in [0.25, 0.3) is 0 Å². The van der Waals surface area contributed by atoms with Crippen LogP contribution in [0.1, 0.15) is 48.0 Å². The third-order valence-electron chi connectivity index (χ3n) is 2.24. The largest absolute Gasteiger partial charge is 0.456 e. The third kappa shape index (κ3) is 9.48. The van der Waals surface area contributed by atoms with Gasteiger partial charge in [-0.2, -0.15) is 0 Å². The minimum atomic E-state index is -0.507. The fourth-order valence-corrected chi connectivity index (χ4v) is 2.04. The number of carbonyl (C=O) groups is 1. The van der Waals surface area contributed by atoms with E-state index < -0.39 is 11.6 Å². The summed E-state index contributed by atoms with van der Waals surface area (Å²) in [6, 6.07) is 0. The number of ether oxygens (including phenoxy) is 2. The zero-order chi connectivity index (χ0) is 15.3. The molecule has 0 aliphatic rings. The summed E-state index contributed by atoms with van der Waals surface area (Å²) in [7, 11) is 0. The van der Waals surface area contributed by atoms with Gasteiger partial charge in [-0.3, -0.25) is 0 Å². The second-order valence-electron chi connectivity index (χ2n) is 6.94. The van der Waals surface area contributed by atoms with E-state index in [0.29, 0.717) is 12.2 Å². The highest BCUT2D eigenvalue weighted by atomic mass is 16.6. The molecule has 19 heavy (non-hydrogen) atoms. The Morgan fingerprint density at radius 2 is 1.58 bits per heavy atom. The van der Waals surface area contributed by atoms with Gasteiger partial charge in [0, 0.05) is 0 Å². The van der Waals surface area contributed by atoms with Gasteiger partial charge in [0.05, 0.1) is 18.8 Å². The van der Waals surface area contributed by atoms with Crippen LogP contribution >= 0.6 is 0 Å². The highest BCUT2D eigenvalue weighted by Crippen LogP contribution is 2.29. The molecule has 0 rings (SSSR count). The normalized spacial score (nSPS) is 12.1. The molecule has 0 amide bonds. The molecule has 0 saturated heterocycles. The van der Waals surface area contributed by atoms with Crippen LogP contribution in [0.15, 0.2) is 24.3 Å². The fourth-order valence-electron chi connectivity index (χ4n) is 2.04. The summed E-state index contributed by atoms with van der Waals surface area (Å²) in [4.78, 5) is 11.9. The monoisotopic (exact) mass is 268 g/mol. The maximum Gasteiger partial charge on any atom is 0.336 e. The fraction of sp³-hybridized carbons (Fsp3) is 0.688. The SMILES string of the molecule is C=C(C)COCC(=C)C(=O)OC(C)(C)CC(C)(C)C. The van der Waals surface area contributed by atoms with E-state index in [-0.39, 0.29) is 12.0 Å². The lowest BCUT2D eigenvalue weighted by molar-refractivity contribution is -0.154. The molecule has 3 nitrogen and oxygen atoms in total. The van der Waals surface area contributed by atoms with E-state index >= 15 is 0 Å². The van der Waals surface area contributed by atoms with Gasteiger partial charge in [0.25, 0.3) is 0 Å². The highest BCUT2D eigenvalue weighted by molar-refractivity contribution is 5.88. The van der Waals surface area contributed by atoms with Crippen LogP contribution in [0.2, 0.25) is 0 Å². The van der Waals surface area contributed by atoms with Crippen molar-refractivity contribution in [2.45, 2.75) is 53.6 Å². The van der Waals surface area contributed by atoms with Crippen molar-refractivity contribution in [1.82, 2.24) is 0 Å². The molecular weight excluding hydrogens is 240 g/mol. The summed E-state index contributed by atoms with van der Waals surface area (Å²) in [6.07, 6.45) is 0.783. The van der Waals surface area contributed by atoms with Crippen LogP contribution in [0.5, 0.6) is 0 Å². The Bertz CT molecular complexity index is 345. The van der Waals surface area contributed by atoms with Gasteiger partial charge in [0.2, 0.25) is 0 Å². The van der Waals surface area contributed by atoms with Crippen molar-refractivity contribution in [2.75, 3.05) is 13.2 Å². The molecule has 0 aliphatic carbocycles. The highest BCUT2D eigenvalue weighted by Gasteiger charge is 2.29. The summed E-state index contributed by atoms with van der Waals surface area (Å²) >= 11 is 0. The Morgan fingerprint density at radius 3 is 2.00 bits per heavy atom. The van der Waals surface area contributed by atoms with Gasteiger partial charge in [-0.05, 0) is 32.6 Å². The van der Waals surface area contributed by atoms with Crippen LogP contribution in [-0.2, 0) is 14.3 Å². The molecule has 0 unspecified atom stereocenters. The van der Waals surface area contributed by atoms with E-state index in [1.165, 1.54) is 0 Å². The van der Waals surface area contributed by atoms with Crippen LogP contribution in [0.4, 0.5) is 0 Å². The first-order valence-corrected chi connectivity index (χ1v) is 6.56. The van der Waals surface area contributed by atoms with Crippen molar-refractivity contribution in [3.05, 3.63) is 24.3 Å². The van der Waals surface area contributed by atoms with Crippen molar-refractivity contribution in [3.8, 4) is 0 Å². The molecular formula is C16H28O3. The molecule has 0 heterocycles. The van der Waals surface area contributed by atoms with Gasteiger partial charge < -0.3 is 9.47 Å². The molecule has 0 aliphatic heterocycles. The molecule has 0 aromatic rings. The van der Waals surface area contributed by atoms with Gasteiger partial charge in [-0.15, -0.1) is 0 Å². The van der Waals surface area contributed by atoms with Crippen LogP contribution < -0.4 is 0 Å². The Hall–Kier alpha value is -1.09. The predicted molar refractivity (Wildman–Crippen MR) is 79.0 cm³/mol. The van der Waals surface area contributed by atoms with E-state index in [4.69, 9.17) is 9.47 Å². The molecule has 0 spiro atoms.